The van der Waals surface area contributed by atoms with Crippen LogP contribution in [0.2, 0.25) is 0 Å². The lowest BCUT2D eigenvalue weighted by molar-refractivity contribution is 0.0665. The number of ketones is 1. The van der Waals surface area contributed by atoms with Gasteiger partial charge in [-0.25, -0.2) is 0 Å². The van der Waals surface area contributed by atoms with Crippen LogP contribution < -0.4 is 18.4 Å². The smallest absolute Gasteiger partial charge is 0.306 e. The third-order valence-corrected chi connectivity index (χ3v) is 6.10. The summed E-state index contributed by atoms with van der Waals surface area (Å²) in [7, 11) is 2.09. The van der Waals surface area contributed by atoms with Gasteiger partial charge >= 0.3 is 10.1 Å². The molecule has 2 aromatic carbocycles. The number of likely N-dealkylation sites (N-methyl/N-ethyl adjacent to an activating group) is 1. The zero-order valence-electron chi connectivity index (χ0n) is 17.6. The first-order chi connectivity index (χ1) is 14.6. The fourth-order valence-electron chi connectivity index (χ4n) is 4.31. The van der Waals surface area contributed by atoms with Gasteiger partial charge in [0, 0.05) is 18.2 Å². The molecule has 2 aliphatic rings. The highest BCUT2D eigenvalue weighted by Crippen LogP contribution is 2.53. The quantitative estimate of drug-likeness (QED) is 0.642. The van der Waals surface area contributed by atoms with E-state index in [-0.39, 0.29) is 28.8 Å². The average Bonchev–Trinajstić information content (AvgIpc) is 3.01. The Balaban J connectivity index is 1.93. The molecule has 0 bridgehead atoms. The van der Waals surface area contributed by atoms with E-state index in [4.69, 9.17) is 18.4 Å². The molecule has 0 saturated carbocycles. The van der Waals surface area contributed by atoms with Crippen LogP contribution in [-0.4, -0.2) is 59.6 Å². The zero-order chi connectivity index (χ0) is 22.7. The van der Waals surface area contributed by atoms with Crippen molar-refractivity contribution in [2.24, 2.45) is 0 Å². The Morgan fingerprint density at radius 3 is 1.90 bits per heavy atom. The number of benzene rings is 2. The average molecular weight is 447 g/mol. The number of rotatable bonds is 5. The number of hydrogen-bond acceptors (Lipinski definition) is 8. The second-order valence-electron chi connectivity index (χ2n) is 7.38. The highest BCUT2D eigenvalue weighted by Gasteiger charge is 2.50. The first kappa shape index (κ1) is 21.0. The molecule has 0 radical (unpaired) electrons. The minimum absolute atomic E-state index is 0.0859. The number of amides is 1. The van der Waals surface area contributed by atoms with Crippen LogP contribution in [0.1, 0.15) is 43.8 Å². The van der Waals surface area contributed by atoms with Gasteiger partial charge in [-0.15, -0.1) is 0 Å². The molecule has 31 heavy (non-hydrogen) atoms. The van der Waals surface area contributed by atoms with Crippen molar-refractivity contribution in [2.45, 2.75) is 12.0 Å². The molecular formula is C21H21NO8S. The van der Waals surface area contributed by atoms with Crippen LogP contribution in [0, 0.1) is 0 Å². The van der Waals surface area contributed by atoms with Crippen molar-refractivity contribution in [3.63, 3.8) is 0 Å². The van der Waals surface area contributed by atoms with E-state index in [1.807, 2.05) is 0 Å². The van der Waals surface area contributed by atoms with E-state index in [0.717, 1.165) is 6.26 Å². The minimum atomic E-state index is -3.84. The minimum Gasteiger partial charge on any atom is -0.493 e. The fourth-order valence-corrected chi connectivity index (χ4v) is 4.77. The third kappa shape index (κ3) is 3.18. The third-order valence-electron chi connectivity index (χ3n) is 5.62. The maximum Gasteiger partial charge on any atom is 0.306 e. The summed E-state index contributed by atoms with van der Waals surface area (Å²) < 4.78 is 44.3. The molecule has 10 heteroatoms. The Morgan fingerprint density at radius 2 is 1.32 bits per heavy atom. The molecule has 1 heterocycles. The maximum atomic E-state index is 13.5. The summed E-state index contributed by atoms with van der Waals surface area (Å²) in [5.41, 5.74) is 1.71. The van der Waals surface area contributed by atoms with Crippen LogP contribution in [0.5, 0.6) is 23.0 Å². The van der Waals surface area contributed by atoms with Gasteiger partial charge in [0.2, 0.25) is 0 Å². The number of hydrogen-bond donors (Lipinski definition) is 0. The first-order valence-electron chi connectivity index (χ1n) is 9.30. The monoisotopic (exact) mass is 447 g/mol. The van der Waals surface area contributed by atoms with Gasteiger partial charge in [0.05, 0.1) is 39.5 Å². The van der Waals surface area contributed by atoms with Crippen molar-refractivity contribution in [3.8, 4) is 23.0 Å². The Bertz CT molecular complexity index is 1220. The van der Waals surface area contributed by atoms with E-state index in [2.05, 4.69) is 0 Å². The predicted octanol–water partition coefficient (Wildman–Crippen LogP) is 2.16. The standard InChI is InChI=1S/C21H21NO8S/c1-22-19-11-7-16(29-4)17(30-31(5,25)26)8-12(11)20(23)18(19)10-6-14(27-2)15(28-3)9-13(10)21(22)24/h6-9,18-19H,1-5H3/t18-,19-/m1/s1. The number of ether oxygens (including phenoxy) is 3. The van der Waals surface area contributed by atoms with Gasteiger partial charge < -0.3 is 23.3 Å². The van der Waals surface area contributed by atoms with Crippen LogP contribution in [0.15, 0.2) is 24.3 Å². The Labute approximate surface area is 179 Å². The zero-order valence-corrected chi connectivity index (χ0v) is 18.4. The molecule has 9 nitrogen and oxygen atoms in total. The van der Waals surface area contributed by atoms with Crippen molar-refractivity contribution >= 4 is 21.8 Å². The van der Waals surface area contributed by atoms with E-state index in [0.29, 0.717) is 28.2 Å². The summed E-state index contributed by atoms with van der Waals surface area (Å²) >= 11 is 0. The summed E-state index contributed by atoms with van der Waals surface area (Å²) in [6.07, 6.45) is 0.906. The van der Waals surface area contributed by atoms with Crippen LogP contribution >= 0.6 is 0 Å². The summed E-state index contributed by atoms with van der Waals surface area (Å²) in [5, 5.41) is 0. The van der Waals surface area contributed by atoms with Crippen LogP contribution in [-0.2, 0) is 10.1 Å². The predicted molar refractivity (Wildman–Crippen MR) is 110 cm³/mol. The summed E-state index contributed by atoms with van der Waals surface area (Å²) in [6, 6.07) is 5.54. The molecule has 164 valence electrons. The van der Waals surface area contributed by atoms with Gasteiger partial charge in [0.1, 0.15) is 0 Å². The van der Waals surface area contributed by atoms with Crippen molar-refractivity contribution in [3.05, 3.63) is 46.5 Å². The van der Waals surface area contributed by atoms with E-state index < -0.39 is 22.1 Å². The molecule has 0 unspecified atom stereocenters. The van der Waals surface area contributed by atoms with Gasteiger partial charge in [0.15, 0.2) is 28.8 Å². The van der Waals surface area contributed by atoms with E-state index in [1.54, 1.807) is 25.2 Å². The molecule has 1 aliphatic carbocycles. The topological polar surface area (TPSA) is 108 Å². The highest BCUT2D eigenvalue weighted by atomic mass is 32.2. The summed E-state index contributed by atoms with van der Waals surface area (Å²) in [4.78, 5) is 28.1. The van der Waals surface area contributed by atoms with Gasteiger partial charge in [-0.3, -0.25) is 9.59 Å². The largest absolute Gasteiger partial charge is 0.493 e. The Hall–Kier alpha value is -3.27. The second-order valence-corrected chi connectivity index (χ2v) is 8.95. The van der Waals surface area contributed by atoms with Crippen molar-refractivity contribution in [1.82, 2.24) is 4.90 Å². The molecule has 2 atom stereocenters. The number of carbonyl (C=O) groups excluding carboxylic acids is 2. The van der Waals surface area contributed by atoms with Gasteiger partial charge in [0.25, 0.3) is 5.91 Å². The van der Waals surface area contributed by atoms with E-state index in [9.17, 15) is 18.0 Å². The molecule has 4 rings (SSSR count). The number of nitrogens with zero attached hydrogens (tertiary/aromatic N) is 1. The molecule has 1 aliphatic heterocycles. The van der Waals surface area contributed by atoms with E-state index >= 15 is 0 Å². The molecule has 1 amide bonds. The fraction of sp³-hybridized carbons (Fsp3) is 0.333. The van der Waals surface area contributed by atoms with Gasteiger partial charge in [-0.2, -0.15) is 8.42 Å². The lowest BCUT2D eigenvalue weighted by atomic mass is 9.83. The Morgan fingerprint density at radius 1 is 0.806 bits per heavy atom. The first-order valence-corrected chi connectivity index (χ1v) is 11.1. The van der Waals surface area contributed by atoms with Crippen molar-refractivity contribution in [1.29, 1.82) is 0 Å². The van der Waals surface area contributed by atoms with Crippen LogP contribution in [0.4, 0.5) is 0 Å². The summed E-state index contributed by atoms with van der Waals surface area (Å²) in [6.45, 7) is 0. The van der Waals surface area contributed by atoms with Gasteiger partial charge in [-0.05, 0) is 35.4 Å². The number of fused-ring (bicyclic) bond motifs is 5. The molecule has 0 N–H and O–H groups in total. The van der Waals surface area contributed by atoms with E-state index in [1.165, 1.54) is 32.3 Å². The molecular weight excluding hydrogens is 426 g/mol. The second kappa shape index (κ2) is 7.16. The molecule has 0 saturated heterocycles. The van der Waals surface area contributed by atoms with Gasteiger partial charge in [-0.1, -0.05) is 0 Å². The van der Waals surface area contributed by atoms with Crippen molar-refractivity contribution in [2.75, 3.05) is 34.6 Å². The molecule has 0 fully saturated rings. The number of Topliss-reactive ketones (excluding diaryl/α,β-unsaturated/α-hetero) is 1. The lowest BCUT2D eigenvalue weighted by Crippen LogP contribution is -2.39. The van der Waals surface area contributed by atoms with Crippen molar-refractivity contribution < 1.29 is 36.4 Å². The molecule has 0 aromatic heterocycles. The maximum absolute atomic E-state index is 13.5. The molecule has 2 aromatic rings. The lowest BCUT2D eigenvalue weighted by Gasteiger charge is -2.36. The Kier molecular flexibility index (Phi) is 4.84. The SMILES string of the molecule is COc1cc2c(cc1OC)[C@H]1C(=O)c3cc(OS(C)(=O)=O)c(OC)cc3[C@H]1N(C)C2=O. The normalized spacial score (nSPS) is 19.5. The summed E-state index contributed by atoms with van der Waals surface area (Å²) in [5.74, 6) is -0.364. The number of carbonyl (C=O) groups is 2. The van der Waals surface area contributed by atoms with Crippen LogP contribution in [0.25, 0.3) is 0 Å². The molecule has 0 spiro atoms. The van der Waals surface area contributed by atoms with Crippen LogP contribution in [0.3, 0.4) is 0 Å². The number of methoxy groups -OCH3 is 3. The highest BCUT2D eigenvalue weighted by molar-refractivity contribution is 7.86.